The van der Waals surface area contributed by atoms with Gasteiger partial charge in [-0.25, -0.2) is 0 Å². The molecule has 2 aromatic carbocycles. The fraction of sp³-hybridized carbons (Fsp3) is 0.458. The van der Waals surface area contributed by atoms with Crippen LogP contribution in [0.2, 0.25) is 0 Å². The quantitative estimate of drug-likeness (QED) is 0.671. The molecular formula is C24H30N2O4. The van der Waals surface area contributed by atoms with E-state index in [-0.39, 0.29) is 5.91 Å². The van der Waals surface area contributed by atoms with Crippen molar-refractivity contribution in [2.45, 2.75) is 38.6 Å². The highest BCUT2D eigenvalue weighted by molar-refractivity contribution is 5.94. The van der Waals surface area contributed by atoms with E-state index >= 15 is 0 Å². The van der Waals surface area contributed by atoms with Crippen molar-refractivity contribution in [1.29, 1.82) is 0 Å². The van der Waals surface area contributed by atoms with Crippen molar-refractivity contribution >= 4 is 11.6 Å². The van der Waals surface area contributed by atoms with E-state index < -0.39 is 0 Å². The molecule has 30 heavy (non-hydrogen) atoms. The van der Waals surface area contributed by atoms with Gasteiger partial charge in [0.05, 0.1) is 20.8 Å². The number of carbonyl (C=O) groups excluding carboxylic acids is 1. The van der Waals surface area contributed by atoms with Crippen LogP contribution in [0.25, 0.3) is 0 Å². The zero-order valence-electron chi connectivity index (χ0n) is 17.8. The Morgan fingerprint density at radius 3 is 2.53 bits per heavy atom. The molecule has 6 heteroatoms. The molecule has 1 N–H and O–H groups in total. The van der Waals surface area contributed by atoms with Gasteiger partial charge in [-0.1, -0.05) is 6.07 Å². The fourth-order valence-corrected chi connectivity index (χ4v) is 4.20. The van der Waals surface area contributed by atoms with E-state index in [4.69, 9.17) is 14.2 Å². The van der Waals surface area contributed by atoms with Gasteiger partial charge in [-0.3, -0.25) is 9.69 Å². The minimum absolute atomic E-state index is 0.0822. The maximum Gasteiger partial charge on any atom is 0.224 e. The summed E-state index contributed by atoms with van der Waals surface area (Å²) in [6.45, 7) is 3.74. The Morgan fingerprint density at radius 2 is 1.73 bits per heavy atom. The second kappa shape index (κ2) is 9.39. The minimum Gasteiger partial charge on any atom is -0.494 e. The van der Waals surface area contributed by atoms with Gasteiger partial charge in [0.1, 0.15) is 5.75 Å². The van der Waals surface area contributed by atoms with Gasteiger partial charge in [0, 0.05) is 31.3 Å². The van der Waals surface area contributed by atoms with Gasteiger partial charge in [-0.2, -0.15) is 0 Å². The number of hydrogen-bond donors (Lipinski definition) is 1. The summed E-state index contributed by atoms with van der Waals surface area (Å²) in [5.41, 5.74) is 4.75. The van der Waals surface area contributed by atoms with E-state index in [1.165, 1.54) is 16.7 Å². The molecule has 0 aliphatic carbocycles. The third-order valence-electron chi connectivity index (χ3n) is 5.91. The Kier molecular flexibility index (Phi) is 6.43. The lowest BCUT2D eigenvalue weighted by Crippen LogP contribution is -2.31. The predicted octanol–water partition coefficient (Wildman–Crippen LogP) is 3.81. The van der Waals surface area contributed by atoms with Crippen molar-refractivity contribution in [2.24, 2.45) is 0 Å². The molecule has 0 aromatic heterocycles. The molecule has 0 atom stereocenters. The van der Waals surface area contributed by atoms with Crippen molar-refractivity contribution in [3.63, 3.8) is 0 Å². The molecule has 0 saturated carbocycles. The molecule has 0 spiro atoms. The lowest BCUT2D eigenvalue weighted by molar-refractivity contribution is -0.116. The molecular weight excluding hydrogens is 380 g/mol. The Morgan fingerprint density at radius 1 is 0.933 bits per heavy atom. The molecule has 0 bridgehead atoms. The number of anilines is 1. The van der Waals surface area contributed by atoms with Gasteiger partial charge in [-0.05, 0) is 67.1 Å². The van der Waals surface area contributed by atoms with Crippen LogP contribution in [-0.4, -0.2) is 44.7 Å². The Hall–Kier alpha value is -2.73. The first-order valence-corrected chi connectivity index (χ1v) is 10.7. The molecule has 2 aliphatic rings. The van der Waals surface area contributed by atoms with Crippen LogP contribution >= 0.6 is 0 Å². The van der Waals surface area contributed by atoms with E-state index in [1.807, 2.05) is 12.1 Å². The molecule has 0 fully saturated rings. The summed E-state index contributed by atoms with van der Waals surface area (Å²) in [5.74, 6) is 2.51. The standard InChI is InChI=1S/C24H30N2O4/c1-28-22-13-18-9-11-26(16-19(18)14-23(22)29-2)10-3-4-12-30-20-7-5-17-6-8-24(27)25-21(17)15-20/h5,7,13-15H,3-4,6,8-12,16H2,1-2H3,(H,25,27). The topological polar surface area (TPSA) is 60.0 Å². The van der Waals surface area contributed by atoms with Crippen LogP contribution in [-0.2, 0) is 24.2 Å². The van der Waals surface area contributed by atoms with Crippen LogP contribution in [0, 0.1) is 0 Å². The van der Waals surface area contributed by atoms with Gasteiger partial charge < -0.3 is 19.5 Å². The highest BCUT2D eigenvalue weighted by Crippen LogP contribution is 2.33. The van der Waals surface area contributed by atoms with E-state index in [0.29, 0.717) is 13.0 Å². The van der Waals surface area contributed by atoms with Crippen molar-refractivity contribution < 1.29 is 19.0 Å². The fourth-order valence-electron chi connectivity index (χ4n) is 4.20. The van der Waals surface area contributed by atoms with E-state index in [0.717, 1.165) is 68.3 Å². The third-order valence-corrected chi connectivity index (χ3v) is 5.91. The molecule has 160 valence electrons. The summed E-state index contributed by atoms with van der Waals surface area (Å²) in [6, 6.07) is 10.2. The zero-order valence-corrected chi connectivity index (χ0v) is 17.8. The number of methoxy groups -OCH3 is 2. The number of nitrogens with one attached hydrogen (secondary N) is 1. The van der Waals surface area contributed by atoms with Crippen molar-refractivity contribution in [3.8, 4) is 17.2 Å². The SMILES string of the molecule is COc1cc2c(cc1OC)CN(CCCCOc1ccc3c(c1)NC(=O)CC3)CC2. The number of unbranched alkanes of at least 4 members (excludes halogenated alkanes) is 1. The maximum atomic E-state index is 11.6. The summed E-state index contributed by atoms with van der Waals surface area (Å²) in [4.78, 5) is 14.1. The first-order chi connectivity index (χ1) is 14.7. The first-order valence-electron chi connectivity index (χ1n) is 10.7. The lowest BCUT2D eigenvalue weighted by atomic mass is 9.98. The number of ether oxygens (including phenoxy) is 3. The summed E-state index contributed by atoms with van der Waals surface area (Å²) < 4.78 is 16.8. The molecule has 4 rings (SSSR count). The average molecular weight is 411 g/mol. The number of nitrogens with zero attached hydrogens (tertiary/aromatic N) is 1. The van der Waals surface area contributed by atoms with Crippen LogP contribution in [0.5, 0.6) is 17.2 Å². The predicted molar refractivity (Wildman–Crippen MR) is 117 cm³/mol. The minimum atomic E-state index is 0.0822. The lowest BCUT2D eigenvalue weighted by Gasteiger charge is -2.29. The third kappa shape index (κ3) is 4.70. The van der Waals surface area contributed by atoms with Crippen molar-refractivity contribution in [2.75, 3.05) is 39.2 Å². The van der Waals surface area contributed by atoms with Crippen molar-refractivity contribution in [3.05, 3.63) is 47.0 Å². The van der Waals surface area contributed by atoms with Gasteiger partial charge in [0.15, 0.2) is 11.5 Å². The Bertz CT molecular complexity index is 912. The number of benzene rings is 2. The monoisotopic (exact) mass is 410 g/mol. The van der Waals surface area contributed by atoms with Gasteiger partial charge in [-0.15, -0.1) is 0 Å². The Labute approximate surface area is 178 Å². The van der Waals surface area contributed by atoms with Crippen LogP contribution in [0.1, 0.15) is 36.0 Å². The number of rotatable bonds is 8. The van der Waals surface area contributed by atoms with E-state index in [2.05, 4.69) is 28.4 Å². The molecule has 6 nitrogen and oxygen atoms in total. The van der Waals surface area contributed by atoms with E-state index in [1.54, 1.807) is 14.2 Å². The van der Waals surface area contributed by atoms with Gasteiger partial charge in [0.2, 0.25) is 5.91 Å². The molecule has 0 unspecified atom stereocenters. The summed E-state index contributed by atoms with van der Waals surface area (Å²) in [7, 11) is 3.36. The summed E-state index contributed by atoms with van der Waals surface area (Å²) in [6.07, 6.45) is 4.49. The number of hydrogen-bond acceptors (Lipinski definition) is 5. The van der Waals surface area contributed by atoms with E-state index in [9.17, 15) is 4.79 Å². The zero-order chi connectivity index (χ0) is 20.9. The van der Waals surface area contributed by atoms with Crippen LogP contribution < -0.4 is 19.5 Å². The van der Waals surface area contributed by atoms with Gasteiger partial charge >= 0.3 is 0 Å². The van der Waals surface area contributed by atoms with Crippen LogP contribution in [0.4, 0.5) is 5.69 Å². The number of amides is 1. The molecule has 2 aliphatic heterocycles. The first kappa shape index (κ1) is 20.5. The largest absolute Gasteiger partial charge is 0.494 e. The second-order valence-corrected chi connectivity index (χ2v) is 7.92. The average Bonchev–Trinajstić information content (AvgIpc) is 2.77. The Balaban J connectivity index is 1.22. The molecule has 2 aromatic rings. The number of carbonyl (C=O) groups is 1. The van der Waals surface area contributed by atoms with Crippen LogP contribution in [0.3, 0.4) is 0 Å². The van der Waals surface area contributed by atoms with Crippen LogP contribution in [0.15, 0.2) is 30.3 Å². The highest BCUT2D eigenvalue weighted by atomic mass is 16.5. The number of fused-ring (bicyclic) bond motifs is 2. The summed E-state index contributed by atoms with van der Waals surface area (Å²) in [5, 5.41) is 2.93. The molecule has 1 amide bonds. The molecule has 0 radical (unpaired) electrons. The number of aryl methyl sites for hydroxylation is 1. The summed E-state index contributed by atoms with van der Waals surface area (Å²) >= 11 is 0. The highest BCUT2D eigenvalue weighted by Gasteiger charge is 2.19. The van der Waals surface area contributed by atoms with Gasteiger partial charge in [0.25, 0.3) is 0 Å². The normalized spacial score (nSPS) is 15.7. The smallest absolute Gasteiger partial charge is 0.224 e. The molecule has 0 saturated heterocycles. The van der Waals surface area contributed by atoms with Crippen molar-refractivity contribution in [1.82, 2.24) is 4.90 Å². The maximum absolute atomic E-state index is 11.6. The molecule has 2 heterocycles. The second-order valence-electron chi connectivity index (χ2n) is 7.92.